The summed E-state index contributed by atoms with van der Waals surface area (Å²) in [6.45, 7) is 10.1. The Bertz CT molecular complexity index is 1070. The van der Waals surface area contributed by atoms with Crippen molar-refractivity contribution in [3.05, 3.63) is 94.5 Å². The fourth-order valence-corrected chi connectivity index (χ4v) is 4.91. The van der Waals surface area contributed by atoms with Crippen molar-refractivity contribution < 1.29 is 18.3 Å². The Morgan fingerprint density at radius 2 is 1.86 bits per heavy atom. The van der Waals surface area contributed by atoms with Crippen LogP contribution < -0.4 is 4.72 Å². The van der Waals surface area contributed by atoms with Crippen LogP contribution in [0.15, 0.2) is 88.9 Å². The molecule has 0 heterocycles. The predicted octanol–water partition coefficient (Wildman–Crippen LogP) is 6.55. The van der Waals surface area contributed by atoms with Crippen LogP contribution >= 0.6 is 11.6 Å². The Balaban J connectivity index is 0.000000587. The smallest absolute Gasteiger partial charge is 0.322 e. The molecule has 0 radical (unpaired) electrons. The minimum Gasteiger partial charge on any atom is -0.480 e. The maximum Gasteiger partial charge on any atom is 0.322 e. The third-order valence-electron chi connectivity index (χ3n) is 5.02. The summed E-state index contributed by atoms with van der Waals surface area (Å²) in [4.78, 5) is 11.7. The summed E-state index contributed by atoms with van der Waals surface area (Å²) in [5, 5.41) is 9.65. The number of alkyl halides is 1. The van der Waals surface area contributed by atoms with Crippen molar-refractivity contribution in [3.8, 4) is 0 Å². The van der Waals surface area contributed by atoms with Crippen molar-refractivity contribution >= 4 is 27.6 Å². The second-order valence-electron chi connectivity index (χ2n) is 8.14. The Labute approximate surface area is 216 Å². The van der Waals surface area contributed by atoms with Gasteiger partial charge < -0.3 is 5.11 Å². The normalized spacial score (nSPS) is 18.5. The highest BCUT2D eigenvalue weighted by molar-refractivity contribution is 7.93. The van der Waals surface area contributed by atoms with E-state index in [-0.39, 0.29) is 22.6 Å². The molecular formula is C28H38ClNO4S. The van der Waals surface area contributed by atoms with Crippen molar-refractivity contribution in [2.75, 3.05) is 0 Å². The van der Waals surface area contributed by atoms with Crippen molar-refractivity contribution in [2.24, 2.45) is 5.92 Å². The molecule has 1 aromatic carbocycles. The molecule has 0 fully saturated rings. The van der Waals surface area contributed by atoms with Gasteiger partial charge in [0.25, 0.3) is 0 Å². The number of halogens is 1. The number of fused-ring (bicyclic) bond motifs is 1. The van der Waals surface area contributed by atoms with E-state index >= 15 is 0 Å². The molecule has 0 amide bonds. The van der Waals surface area contributed by atoms with Gasteiger partial charge in [-0.2, -0.15) is 4.72 Å². The number of hydrogen-bond acceptors (Lipinski definition) is 3. The monoisotopic (exact) mass is 519 g/mol. The zero-order chi connectivity index (χ0) is 26.4. The van der Waals surface area contributed by atoms with Crippen LogP contribution in [-0.4, -0.2) is 30.9 Å². The standard InChI is InChI=1S/C20H21NO4S.C6H11Cl.C2H6/c1-14-9-16-7-8-18(12-17(10-14)11-16)26(24,25)21-19(20(22)23)13-15-5-3-2-4-6-15;1-3-4-5-6(2)7;1-2/h2-9,11-12,17,19,21H,10,13H2,1H3,(H,22,23);4-6H,3H2,1-2H3;1-2H3/b;5-4-;. The molecule has 35 heavy (non-hydrogen) atoms. The lowest BCUT2D eigenvalue weighted by Crippen LogP contribution is -2.42. The van der Waals surface area contributed by atoms with Crippen LogP contribution in [-0.2, 0) is 21.2 Å². The van der Waals surface area contributed by atoms with E-state index in [2.05, 4.69) is 17.7 Å². The van der Waals surface area contributed by atoms with Crippen molar-refractivity contribution in [3.63, 3.8) is 0 Å². The Morgan fingerprint density at radius 3 is 2.40 bits per heavy atom. The molecule has 1 aromatic rings. The summed E-state index contributed by atoms with van der Waals surface area (Å²) in [7, 11) is -3.94. The van der Waals surface area contributed by atoms with E-state index in [1.165, 1.54) is 11.6 Å². The van der Waals surface area contributed by atoms with Gasteiger partial charge in [-0.15, -0.1) is 11.6 Å². The van der Waals surface area contributed by atoms with Gasteiger partial charge in [0.1, 0.15) is 6.04 Å². The first kappa shape index (κ1) is 30.6. The van der Waals surface area contributed by atoms with E-state index in [9.17, 15) is 18.3 Å². The number of carbonyl (C=O) groups is 1. The van der Waals surface area contributed by atoms with Crippen LogP contribution in [0.2, 0.25) is 0 Å². The molecule has 5 nitrogen and oxygen atoms in total. The van der Waals surface area contributed by atoms with Gasteiger partial charge in [0.2, 0.25) is 10.0 Å². The number of sulfonamides is 1. The van der Waals surface area contributed by atoms with Gasteiger partial charge in [-0.05, 0) is 50.3 Å². The summed E-state index contributed by atoms with van der Waals surface area (Å²) in [5.41, 5.74) is 2.92. The maximum absolute atomic E-state index is 12.8. The average molecular weight is 520 g/mol. The second-order valence-corrected chi connectivity index (χ2v) is 10.5. The molecule has 0 aromatic heterocycles. The SMILES string of the molecule is CC.CC/C=C\C(C)Cl.CC1=CC2=CC(C=C(S(=O)(=O)NC(Cc3ccccc3)C(=O)O)C=C2)C1. The molecule has 0 spiro atoms. The number of hydrogen-bond donors (Lipinski definition) is 2. The quantitative estimate of drug-likeness (QED) is 0.301. The molecule has 3 atom stereocenters. The summed E-state index contributed by atoms with van der Waals surface area (Å²) in [5.74, 6) is -1.21. The molecule has 2 N–H and O–H groups in total. The molecule has 7 heteroatoms. The number of nitrogens with one attached hydrogen (secondary N) is 1. The highest BCUT2D eigenvalue weighted by atomic mass is 35.5. The molecule has 2 aliphatic rings. The molecular weight excluding hydrogens is 482 g/mol. The molecule has 3 rings (SSSR count). The molecule has 192 valence electrons. The number of allylic oxidation sites excluding steroid dienone is 9. The third-order valence-corrected chi connectivity index (χ3v) is 6.65. The van der Waals surface area contributed by atoms with Crippen molar-refractivity contribution in [1.82, 2.24) is 4.72 Å². The van der Waals surface area contributed by atoms with Crippen LogP contribution in [0.3, 0.4) is 0 Å². The molecule has 3 unspecified atom stereocenters. The van der Waals surface area contributed by atoms with Crippen molar-refractivity contribution in [1.29, 1.82) is 0 Å². The average Bonchev–Trinajstić information content (AvgIpc) is 2.97. The fraction of sp³-hybridized carbons (Fsp3) is 0.393. The van der Waals surface area contributed by atoms with E-state index in [4.69, 9.17) is 11.6 Å². The van der Waals surface area contributed by atoms with Gasteiger partial charge in [0.15, 0.2) is 0 Å². The lowest BCUT2D eigenvalue weighted by atomic mass is 9.92. The number of rotatable bonds is 8. The zero-order valence-electron chi connectivity index (χ0n) is 21.2. The van der Waals surface area contributed by atoms with Gasteiger partial charge in [-0.3, -0.25) is 4.79 Å². The van der Waals surface area contributed by atoms with Gasteiger partial charge in [-0.1, -0.05) is 93.1 Å². The van der Waals surface area contributed by atoms with Crippen LogP contribution in [0.25, 0.3) is 0 Å². The van der Waals surface area contributed by atoms with Crippen LogP contribution in [0, 0.1) is 5.92 Å². The molecule has 2 aliphatic carbocycles. The first-order valence-corrected chi connectivity index (χ1v) is 13.9. The number of aliphatic carboxylic acids is 1. The molecule has 0 aliphatic heterocycles. The molecule has 0 saturated heterocycles. The zero-order valence-corrected chi connectivity index (χ0v) is 22.8. The van der Waals surface area contributed by atoms with Gasteiger partial charge in [-0.25, -0.2) is 8.42 Å². The van der Waals surface area contributed by atoms with Crippen molar-refractivity contribution in [2.45, 2.75) is 65.3 Å². The second kappa shape index (κ2) is 15.6. The number of carboxylic acid groups (broad SMARTS) is 1. The number of carboxylic acids is 1. The summed E-state index contributed by atoms with van der Waals surface area (Å²) in [6.07, 6.45) is 15.0. The molecule has 2 bridgehead atoms. The largest absolute Gasteiger partial charge is 0.480 e. The van der Waals surface area contributed by atoms with Gasteiger partial charge in [0, 0.05) is 11.3 Å². The highest BCUT2D eigenvalue weighted by Crippen LogP contribution is 2.29. The summed E-state index contributed by atoms with van der Waals surface area (Å²) in [6, 6.07) is 7.74. The lowest BCUT2D eigenvalue weighted by Gasteiger charge is -2.17. The number of benzene rings is 1. The Kier molecular flexibility index (Phi) is 13.6. The Morgan fingerprint density at radius 1 is 1.20 bits per heavy atom. The Hall–Kier alpha value is -2.41. The first-order chi connectivity index (χ1) is 16.6. The third kappa shape index (κ3) is 11.2. The van der Waals surface area contributed by atoms with Crippen LogP contribution in [0.4, 0.5) is 0 Å². The lowest BCUT2D eigenvalue weighted by molar-refractivity contribution is -0.138. The van der Waals surface area contributed by atoms with Crippen LogP contribution in [0.1, 0.15) is 53.0 Å². The van der Waals surface area contributed by atoms with Gasteiger partial charge >= 0.3 is 5.97 Å². The predicted molar refractivity (Wildman–Crippen MR) is 147 cm³/mol. The molecule has 0 saturated carbocycles. The minimum absolute atomic E-state index is 0.00558. The van der Waals surface area contributed by atoms with Gasteiger partial charge in [0.05, 0.1) is 4.91 Å². The summed E-state index contributed by atoms with van der Waals surface area (Å²) < 4.78 is 27.9. The fourth-order valence-electron chi connectivity index (χ4n) is 3.51. The minimum atomic E-state index is -3.94. The van der Waals surface area contributed by atoms with E-state index in [1.54, 1.807) is 36.4 Å². The first-order valence-electron chi connectivity index (χ1n) is 12.0. The topological polar surface area (TPSA) is 83.5 Å². The van der Waals surface area contributed by atoms with E-state index in [0.29, 0.717) is 0 Å². The van der Waals surface area contributed by atoms with E-state index < -0.39 is 22.0 Å². The highest BCUT2D eigenvalue weighted by Gasteiger charge is 2.27. The summed E-state index contributed by atoms with van der Waals surface area (Å²) >= 11 is 5.57. The van der Waals surface area contributed by atoms with E-state index in [1.807, 2.05) is 52.0 Å². The maximum atomic E-state index is 12.8. The van der Waals surface area contributed by atoms with Crippen LogP contribution in [0.5, 0.6) is 0 Å². The van der Waals surface area contributed by atoms with E-state index in [0.717, 1.165) is 24.0 Å².